The van der Waals surface area contributed by atoms with Crippen molar-refractivity contribution in [1.29, 1.82) is 0 Å². The van der Waals surface area contributed by atoms with Gasteiger partial charge in [0.1, 0.15) is 16.9 Å². The van der Waals surface area contributed by atoms with Crippen LogP contribution in [-0.4, -0.2) is 67.8 Å². The zero-order valence-electron chi connectivity index (χ0n) is 16.7. The van der Waals surface area contributed by atoms with Crippen molar-refractivity contribution in [2.45, 2.75) is 17.8 Å². The van der Waals surface area contributed by atoms with Gasteiger partial charge >= 0.3 is 0 Å². The molecule has 0 amide bonds. The highest BCUT2D eigenvalue weighted by Gasteiger charge is 2.47. The Morgan fingerprint density at radius 1 is 1.03 bits per heavy atom. The topological polar surface area (TPSA) is 53.1 Å². The van der Waals surface area contributed by atoms with Gasteiger partial charge in [0, 0.05) is 51.4 Å². The van der Waals surface area contributed by atoms with Crippen LogP contribution in [0.2, 0.25) is 0 Å². The highest BCUT2D eigenvalue weighted by Crippen LogP contribution is 2.36. The van der Waals surface area contributed by atoms with Gasteiger partial charge in [0.25, 0.3) is 0 Å². The molecule has 30 heavy (non-hydrogen) atoms. The molecule has 2 unspecified atom stereocenters. The Morgan fingerprint density at radius 3 is 2.40 bits per heavy atom. The molecule has 2 fully saturated rings. The second kappa shape index (κ2) is 8.68. The van der Waals surface area contributed by atoms with E-state index in [2.05, 4.69) is 17.0 Å². The molecule has 0 radical (unpaired) electrons. The highest BCUT2D eigenvalue weighted by molar-refractivity contribution is 7.89. The monoisotopic (exact) mass is 437 g/mol. The van der Waals surface area contributed by atoms with Gasteiger partial charge in [0.2, 0.25) is 10.0 Å². The summed E-state index contributed by atoms with van der Waals surface area (Å²) < 4.78 is 55.9. The average molecular weight is 438 g/mol. The molecule has 0 saturated carbocycles. The molecule has 0 aromatic heterocycles. The third-order valence-corrected chi connectivity index (χ3v) is 8.03. The van der Waals surface area contributed by atoms with Crippen LogP contribution in [0.15, 0.2) is 48.5 Å². The standard InChI is InChI=1S/C21H25F2N3O3S/c1-24-21(18-8-7-17(22)13-19(18)23)20(15-29-24)30(27,28)26-11-9-25(10-12-26)14-16-5-3-2-4-6-16/h2-8,13,20-21H,9-12,14-15H2,1H3. The zero-order valence-corrected chi connectivity index (χ0v) is 17.6. The smallest absolute Gasteiger partial charge is 0.221 e. The molecule has 2 aromatic rings. The Labute approximate surface area is 175 Å². The number of benzene rings is 2. The van der Waals surface area contributed by atoms with E-state index < -0.39 is 32.9 Å². The van der Waals surface area contributed by atoms with Crippen molar-refractivity contribution >= 4 is 10.0 Å². The Bertz CT molecular complexity index is 982. The van der Waals surface area contributed by atoms with Gasteiger partial charge in [-0.15, -0.1) is 0 Å². The predicted molar refractivity (Wildman–Crippen MR) is 109 cm³/mol. The van der Waals surface area contributed by atoms with E-state index in [0.717, 1.165) is 18.7 Å². The van der Waals surface area contributed by atoms with Crippen molar-refractivity contribution in [1.82, 2.24) is 14.3 Å². The molecular weight excluding hydrogens is 412 g/mol. The maximum absolute atomic E-state index is 14.4. The second-order valence-electron chi connectivity index (χ2n) is 7.70. The Balaban J connectivity index is 1.47. The fraction of sp³-hybridized carbons (Fsp3) is 0.429. The number of sulfonamides is 1. The minimum atomic E-state index is -3.74. The largest absolute Gasteiger partial charge is 0.297 e. The van der Waals surface area contributed by atoms with Gasteiger partial charge in [-0.25, -0.2) is 17.2 Å². The molecule has 2 aliphatic heterocycles. The number of rotatable bonds is 5. The zero-order chi connectivity index (χ0) is 21.3. The molecule has 2 aliphatic rings. The summed E-state index contributed by atoms with van der Waals surface area (Å²) in [5.41, 5.74) is 1.30. The van der Waals surface area contributed by atoms with Crippen molar-refractivity contribution in [2.75, 3.05) is 39.8 Å². The minimum Gasteiger partial charge on any atom is -0.297 e. The predicted octanol–water partition coefficient (Wildman–Crippen LogP) is 2.40. The van der Waals surface area contributed by atoms with Crippen molar-refractivity contribution in [3.63, 3.8) is 0 Å². The van der Waals surface area contributed by atoms with Crippen LogP contribution in [0, 0.1) is 11.6 Å². The SMILES string of the molecule is CN1OCC(S(=O)(=O)N2CCN(Cc3ccccc3)CC2)C1c1ccc(F)cc1F. The lowest BCUT2D eigenvalue weighted by Crippen LogP contribution is -2.52. The molecule has 0 N–H and O–H groups in total. The summed E-state index contributed by atoms with van der Waals surface area (Å²) in [4.78, 5) is 7.67. The number of hydrogen-bond acceptors (Lipinski definition) is 5. The molecule has 9 heteroatoms. The quantitative estimate of drug-likeness (QED) is 0.719. The summed E-state index contributed by atoms with van der Waals surface area (Å²) in [6.45, 7) is 2.68. The molecule has 2 atom stereocenters. The molecule has 2 saturated heterocycles. The second-order valence-corrected chi connectivity index (χ2v) is 9.85. The maximum atomic E-state index is 14.4. The Hall–Kier alpha value is -1.91. The molecule has 0 aliphatic carbocycles. The molecule has 6 nitrogen and oxygen atoms in total. The summed E-state index contributed by atoms with van der Waals surface area (Å²) >= 11 is 0. The van der Waals surface area contributed by atoms with Crippen molar-refractivity contribution in [2.24, 2.45) is 0 Å². The van der Waals surface area contributed by atoms with Gasteiger partial charge < -0.3 is 0 Å². The maximum Gasteiger partial charge on any atom is 0.221 e. The van der Waals surface area contributed by atoms with Crippen molar-refractivity contribution in [3.8, 4) is 0 Å². The van der Waals surface area contributed by atoms with E-state index in [0.29, 0.717) is 26.2 Å². The van der Waals surface area contributed by atoms with E-state index >= 15 is 0 Å². The fourth-order valence-electron chi connectivity index (χ4n) is 4.16. The first-order valence-electron chi connectivity index (χ1n) is 9.92. The van der Waals surface area contributed by atoms with Gasteiger partial charge in [0.05, 0.1) is 12.6 Å². The lowest BCUT2D eigenvalue weighted by molar-refractivity contribution is -0.111. The first-order valence-corrected chi connectivity index (χ1v) is 11.4. The molecule has 2 heterocycles. The Morgan fingerprint density at radius 2 is 1.73 bits per heavy atom. The van der Waals surface area contributed by atoms with Gasteiger partial charge in [-0.05, 0) is 11.6 Å². The van der Waals surface area contributed by atoms with Gasteiger partial charge in [0.15, 0.2) is 0 Å². The van der Waals surface area contributed by atoms with Crippen LogP contribution in [-0.2, 0) is 21.4 Å². The van der Waals surface area contributed by atoms with Gasteiger partial charge in [-0.3, -0.25) is 9.74 Å². The molecule has 162 valence electrons. The third-order valence-electron chi connectivity index (χ3n) is 5.79. The number of halogens is 2. The highest BCUT2D eigenvalue weighted by atomic mass is 32.2. The van der Waals surface area contributed by atoms with E-state index in [1.807, 2.05) is 18.2 Å². The lowest BCUT2D eigenvalue weighted by Gasteiger charge is -2.36. The van der Waals surface area contributed by atoms with E-state index in [4.69, 9.17) is 4.84 Å². The van der Waals surface area contributed by atoms with Gasteiger partial charge in [-0.2, -0.15) is 9.37 Å². The van der Waals surface area contributed by atoms with Crippen LogP contribution in [0.4, 0.5) is 8.78 Å². The lowest BCUT2D eigenvalue weighted by atomic mass is 10.0. The first-order chi connectivity index (χ1) is 14.4. The summed E-state index contributed by atoms with van der Waals surface area (Å²) in [5.74, 6) is -1.48. The molecule has 0 spiro atoms. The third kappa shape index (κ3) is 4.26. The van der Waals surface area contributed by atoms with E-state index in [1.54, 1.807) is 7.05 Å². The van der Waals surface area contributed by atoms with Crippen LogP contribution in [0.1, 0.15) is 17.2 Å². The van der Waals surface area contributed by atoms with Crippen LogP contribution < -0.4 is 0 Å². The molecule has 0 bridgehead atoms. The number of nitrogens with zero attached hydrogens (tertiary/aromatic N) is 3. The molecular formula is C21H25F2N3O3S. The van der Waals surface area contributed by atoms with Crippen molar-refractivity contribution < 1.29 is 22.0 Å². The van der Waals surface area contributed by atoms with E-state index in [-0.39, 0.29) is 12.2 Å². The molecule has 4 rings (SSSR count). The number of hydroxylamine groups is 2. The fourth-order valence-corrected chi connectivity index (χ4v) is 6.09. The average Bonchev–Trinajstić information content (AvgIpc) is 3.11. The van der Waals surface area contributed by atoms with Gasteiger partial charge in [-0.1, -0.05) is 36.4 Å². The summed E-state index contributed by atoms with van der Waals surface area (Å²) in [5, 5.41) is 0.396. The normalized spacial score (nSPS) is 24.4. The number of piperazine rings is 1. The minimum absolute atomic E-state index is 0.0649. The van der Waals surface area contributed by atoms with E-state index in [1.165, 1.54) is 21.0 Å². The number of hydrogen-bond donors (Lipinski definition) is 0. The summed E-state index contributed by atoms with van der Waals surface area (Å²) in [7, 11) is -2.17. The van der Waals surface area contributed by atoms with Crippen LogP contribution in [0.25, 0.3) is 0 Å². The Kier molecular flexibility index (Phi) is 6.17. The van der Waals surface area contributed by atoms with Crippen LogP contribution in [0.5, 0.6) is 0 Å². The molecule has 2 aromatic carbocycles. The summed E-state index contributed by atoms with van der Waals surface area (Å²) in [6.07, 6.45) is 0. The van der Waals surface area contributed by atoms with Crippen molar-refractivity contribution in [3.05, 3.63) is 71.3 Å². The first kappa shape index (κ1) is 21.3. The summed E-state index contributed by atoms with van der Waals surface area (Å²) in [6, 6.07) is 12.4. The van der Waals surface area contributed by atoms with Crippen LogP contribution in [0.3, 0.4) is 0 Å². The van der Waals surface area contributed by atoms with Crippen LogP contribution >= 0.6 is 0 Å². The van der Waals surface area contributed by atoms with E-state index in [9.17, 15) is 17.2 Å².